The largest absolute Gasteiger partial charge is 0.332 e. The molecular formula is C28H30ClN5O5S2. The molecule has 2 atom stereocenters. The van der Waals surface area contributed by atoms with Gasteiger partial charge in [-0.3, -0.25) is 19.4 Å². The van der Waals surface area contributed by atoms with Crippen LogP contribution in [0.15, 0.2) is 47.9 Å². The quantitative estimate of drug-likeness (QED) is 0.397. The van der Waals surface area contributed by atoms with Gasteiger partial charge in [0.15, 0.2) is 0 Å². The Morgan fingerprint density at radius 3 is 2.71 bits per heavy atom. The molecule has 10 nitrogen and oxygen atoms in total. The highest BCUT2D eigenvalue weighted by Crippen LogP contribution is 2.24. The van der Waals surface area contributed by atoms with E-state index >= 15 is 0 Å². The number of hydrogen-bond acceptors (Lipinski definition) is 7. The molecule has 2 aromatic heterocycles. The fraction of sp³-hybridized carbons (Fsp3) is 0.357. The van der Waals surface area contributed by atoms with Gasteiger partial charge in [0.1, 0.15) is 12.1 Å². The highest BCUT2D eigenvalue weighted by molar-refractivity contribution is 7.92. The summed E-state index contributed by atoms with van der Waals surface area (Å²) in [6, 6.07) is 11.1. The normalized spacial score (nSPS) is 19.8. The number of hydrogen-bond donors (Lipinski definition) is 2. The minimum atomic E-state index is -3.90. The Balaban J connectivity index is 1.19. The van der Waals surface area contributed by atoms with Gasteiger partial charge in [-0.2, -0.15) is 4.72 Å². The predicted molar refractivity (Wildman–Crippen MR) is 160 cm³/mol. The number of carbonyl (C=O) groups is 3. The molecular weight excluding hydrogens is 586 g/mol. The number of anilines is 1. The molecule has 2 aliphatic heterocycles. The van der Waals surface area contributed by atoms with Crippen LogP contribution in [0.25, 0.3) is 17.0 Å². The number of thiophene rings is 1. The number of aromatic nitrogens is 1. The smallest absolute Gasteiger partial charge is 0.247 e. The van der Waals surface area contributed by atoms with Crippen molar-refractivity contribution >= 4 is 73.3 Å². The maximum atomic E-state index is 13.3. The Labute approximate surface area is 247 Å². The van der Waals surface area contributed by atoms with Crippen LogP contribution in [0.3, 0.4) is 0 Å². The Morgan fingerprint density at radius 2 is 1.93 bits per heavy atom. The van der Waals surface area contributed by atoms with E-state index < -0.39 is 28.0 Å². The summed E-state index contributed by atoms with van der Waals surface area (Å²) in [6.07, 6.45) is 3.47. The summed E-state index contributed by atoms with van der Waals surface area (Å²) in [6.45, 7) is 2.44. The molecule has 4 heterocycles. The number of sulfonamides is 1. The minimum absolute atomic E-state index is 0.217. The number of piperidine rings is 1. The van der Waals surface area contributed by atoms with Gasteiger partial charge < -0.3 is 15.1 Å². The molecule has 2 fully saturated rings. The summed E-state index contributed by atoms with van der Waals surface area (Å²) in [5.41, 5.74) is 2.35. The van der Waals surface area contributed by atoms with Crippen LogP contribution in [0.1, 0.15) is 36.3 Å². The lowest BCUT2D eigenvalue weighted by molar-refractivity contribution is -0.144. The van der Waals surface area contributed by atoms with Gasteiger partial charge in [-0.05, 0) is 75.1 Å². The Kier molecular flexibility index (Phi) is 8.74. The first-order valence-electron chi connectivity index (χ1n) is 13.3. The maximum absolute atomic E-state index is 13.3. The highest BCUT2D eigenvalue weighted by atomic mass is 35.5. The molecule has 0 unspecified atom stereocenters. The van der Waals surface area contributed by atoms with E-state index in [4.69, 9.17) is 11.6 Å². The van der Waals surface area contributed by atoms with Gasteiger partial charge >= 0.3 is 0 Å². The standard InChI is InChI=1S/C28H30ClN5O5S2/c1-18-6-7-19-16-20(8-10-22(19)30-18)31-27(36)24-5-3-14-34(24)26(35)17-33-13-2-4-23(28(33)37)32-41(38,39)15-12-21-9-11-25(29)40-21/h6-12,15-16,23-24,32H,2-5,13-14,17H2,1H3,(H,31,36)/b15-12+/t23-,24-/m0/s1. The van der Waals surface area contributed by atoms with Crippen LogP contribution in [0.2, 0.25) is 4.34 Å². The van der Waals surface area contributed by atoms with Crippen LogP contribution in [-0.2, 0) is 24.4 Å². The number of amides is 3. The minimum Gasteiger partial charge on any atom is -0.332 e. The number of halogens is 1. The third-order valence-corrected chi connectivity index (χ3v) is 9.44. The van der Waals surface area contributed by atoms with E-state index in [1.165, 1.54) is 27.2 Å². The Bertz CT molecular complexity index is 1620. The van der Waals surface area contributed by atoms with E-state index in [0.29, 0.717) is 53.7 Å². The molecule has 0 aliphatic carbocycles. The first kappa shape index (κ1) is 29.2. The van der Waals surface area contributed by atoms with Gasteiger partial charge in [0.05, 0.1) is 16.4 Å². The van der Waals surface area contributed by atoms with Gasteiger partial charge in [-0.25, -0.2) is 8.42 Å². The summed E-state index contributed by atoms with van der Waals surface area (Å²) in [5, 5.41) is 4.82. The molecule has 0 saturated carbocycles. The topological polar surface area (TPSA) is 129 Å². The summed E-state index contributed by atoms with van der Waals surface area (Å²) >= 11 is 7.13. The van der Waals surface area contributed by atoms with Crippen LogP contribution in [0.4, 0.5) is 5.69 Å². The number of carbonyl (C=O) groups excluding carboxylic acids is 3. The predicted octanol–water partition coefficient (Wildman–Crippen LogP) is 3.77. The van der Waals surface area contributed by atoms with E-state index in [1.54, 1.807) is 18.2 Å². The average Bonchev–Trinajstić information content (AvgIpc) is 3.59. The van der Waals surface area contributed by atoms with Crippen LogP contribution < -0.4 is 10.0 Å². The fourth-order valence-electron chi connectivity index (χ4n) is 5.14. The Hall–Kier alpha value is -3.32. The number of benzene rings is 1. The van der Waals surface area contributed by atoms with Crippen molar-refractivity contribution in [3.63, 3.8) is 0 Å². The highest BCUT2D eigenvalue weighted by Gasteiger charge is 2.37. The molecule has 2 N–H and O–H groups in total. The SMILES string of the molecule is Cc1ccc2cc(NC(=O)[C@@H]3CCCN3C(=O)CN3CCC[C@H](NS(=O)(=O)/C=C/c4ccc(Cl)s4)C3=O)ccc2n1. The first-order valence-corrected chi connectivity index (χ1v) is 16.0. The second kappa shape index (κ2) is 12.3. The molecule has 3 aromatic rings. The fourth-order valence-corrected chi connectivity index (χ4v) is 7.21. The van der Waals surface area contributed by atoms with Crippen molar-refractivity contribution in [3.8, 4) is 0 Å². The molecule has 0 bridgehead atoms. The van der Waals surface area contributed by atoms with Crippen molar-refractivity contribution in [1.82, 2.24) is 19.5 Å². The number of likely N-dealkylation sites (tertiary alicyclic amines) is 2. The molecule has 0 spiro atoms. The van der Waals surface area contributed by atoms with Crippen molar-refractivity contribution in [2.45, 2.75) is 44.7 Å². The monoisotopic (exact) mass is 615 g/mol. The van der Waals surface area contributed by atoms with E-state index in [-0.39, 0.29) is 18.4 Å². The van der Waals surface area contributed by atoms with Crippen molar-refractivity contribution in [1.29, 1.82) is 0 Å². The van der Waals surface area contributed by atoms with E-state index in [1.807, 2.05) is 31.2 Å². The number of rotatable bonds is 8. The lowest BCUT2D eigenvalue weighted by Gasteiger charge is -2.33. The summed E-state index contributed by atoms with van der Waals surface area (Å²) in [4.78, 5) is 47.6. The first-order chi connectivity index (χ1) is 19.6. The molecule has 2 aliphatic rings. The third kappa shape index (κ3) is 7.13. The number of nitrogens with one attached hydrogen (secondary N) is 2. The zero-order valence-corrected chi connectivity index (χ0v) is 24.8. The van der Waals surface area contributed by atoms with Gasteiger partial charge in [0.25, 0.3) is 0 Å². The molecule has 3 amide bonds. The van der Waals surface area contributed by atoms with Crippen LogP contribution in [0, 0.1) is 6.92 Å². The van der Waals surface area contributed by atoms with Gasteiger partial charge in [-0.1, -0.05) is 17.7 Å². The van der Waals surface area contributed by atoms with E-state index in [0.717, 1.165) is 22.0 Å². The van der Waals surface area contributed by atoms with Crippen molar-refractivity contribution < 1.29 is 22.8 Å². The molecule has 2 saturated heterocycles. The van der Waals surface area contributed by atoms with Crippen LogP contribution in [0.5, 0.6) is 0 Å². The molecule has 216 valence electrons. The molecule has 0 radical (unpaired) electrons. The summed E-state index contributed by atoms with van der Waals surface area (Å²) < 4.78 is 28.2. The summed E-state index contributed by atoms with van der Waals surface area (Å²) in [5.74, 6) is -1.09. The van der Waals surface area contributed by atoms with Crippen LogP contribution >= 0.6 is 22.9 Å². The molecule has 5 rings (SSSR count). The number of nitrogens with zero attached hydrogens (tertiary/aromatic N) is 3. The summed E-state index contributed by atoms with van der Waals surface area (Å²) in [7, 11) is -3.90. The van der Waals surface area contributed by atoms with E-state index in [2.05, 4.69) is 15.0 Å². The van der Waals surface area contributed by atoms with Gasteiger partial charge in [0.2, 0.25) is 27.7 Å². The van der Waals surface area contributed by atoms with Gasteiger partial charge in [0, 0.05) is 40.1 Å². The molecule has 1 aromatic carbocycles. The molecule has 41 heavy (non-hydrogen) atoms. The lowest BCUT2D eigenvalue weighted by Crippen LogP contribution is -2.55. The number of pyridine rings is 1. The number of aryl methyl sites for hydroxylation is 1. The Morgan fingerprint density at radius 1 is 1.12 bits per heavy atom. The van der Waals surface area contributed by atoms with Crippen molar-refractivity contribution in [2.75, 3.05) is 25.0 Å². The van der Waals surface area contributed by atoms with Crippen molar-refractivity contribution in [3.05, 3.63) is 62.8 Å². The third-order valence-electron chi connectivity index (χ3n) is 7.14. The van der Waals surface area contributed by atoms with Gasteiger partial charge in [-0.15, -0.1) is 11.3 Å². The van der Waals surface area contributed by atoms with Crippen molar-refractivity contribution in [2.24, 2.45) is 0 Å². The van der Waals surface area contributed by atoms with E-state index in [9.17, 15) is 22.8 Å². The maximum Gasteiger partial charge on any atom is 0.247 e. The lowest BCUT2D eigenvalue weighted by atomic mass is 10.1. The second-order valence-electron chi connectivity index (χ2n) is 10.2. The number of fused-ring (bicyclic) bond motifs is 1. The molecule has 13 heteroatoms. The average molecular weight is 616 g/mol. The van der Waals surface area contributed by atoms with Crippen LogP contribution in [-0.4, -0.2) is 72.6 Å². The second-order valence-corrected chi connectivity index (χ2v) is 13.5. The zero-order chi connectivity index (χ0) is 29.1. The zero-order valence-electron chi connectivity index (χ0n) is 22.4.